The molecule has 50 valence electrons. The summed E-state index contributed by atoms with van der Waals surface area (Å²) in [5.74, 6) is -0.211. The standard InChI is InChI=1S/C7H10O2/c1-6-4-7(5-6)8-2-3-9-7/h1-5H2. The molecule has 0 atom stereocenters. The Bertz CT molecular complexity index is 135. The topological polar surface area (TPSA) is 18.5 Å². The first kappa shape index (κ1) is 5.45. The van der Waals surface area contributed by atoms with Crippen molar-refractivity contribution >= 4 is 0 Å². The molecule has 1 spiro atoms. The molecule has 1 saturated heterocycles. The molecule has 0 aromatic rings. The SMILES string of the molecule is C=C1CC2(C1)OCCO2. The van der Waals surface area contributed by atoms with Crippen molar-refractivity contribution in [3.8, 4) is 0 Å². The Morgan fingerprint density at radius 3 is 2.22 bits per heavy atom. The average Bonchev–Trinajstić information content (AvgIpc) is 2.12. The predicted octanol–water partition coefficient (Wildman–Crippen LogP) is 1.08. The van der Waals surface area contributed by atoms with E-state index in [0.717, 1.165) is 26.1 Å². The second kappa shape index (κ2) is 1.58. The third kappa shape index (κ3) is 0.705. The van der Waals surface area contributed by atoms with Crippen molar-refractivity contribution in [2.24, 2.45) is 0 Å². The minimum absolute atomic E-state index is 0.211. The Morgan fingerprint density at radius 1 is 1.22 bits per heavy atom. The van der Waals surface area contributed by atoms with Gasteiger partial charge in [0.15, 0.2) is 5.79 Å². The number of hydrogen-bond donors (Lipinski definition) is 0. The van der Waals surface area contributed by atoms with E-state index in [9.17, 15) is 0 Å². The summed E-state index contributed by atoms with van der Waals surface area (Å²) in [6, 6.07) is 0. The summed E-state index contributed by atoms with van der Waals surface area (Å²) in [7, 11) is 0. The smallest absolute Gasteiger partial charge is 0.175 e. The fraction of sp³-hybridized carbons (Fsp3) is 0.714. The van der Waals surface area contributed by atoms with Crippen LogP contribution >= 0.6 is 0 Å². The maximum Gasteiger partial charge on any atom is 0.175 e. The molecule has 2 fully saturated rings. The fourth-order valence-electron chi connectivity index (χ4n) is 1.41. The maximum absolute atomic E-state index is 5.36. The molecule has 0 aromatic carbocycles. The van der Waals surface area contributed by atoms with Crippen LogP contribution in [0.5, 0.6) is 0 Å². The molecule has 0 unspecified atom stereocenters. The van der Waals surface area contributed by atoms with E-state index in [4.69, 9.17) is 9.47 Å². The van der Waals surface area contributed by atoms with Gasteiger partial charge in [-0.05, 0) is 0 Å². The van der Waals surface area contributed by atoms with Gasteiger partial charge in [0.25, 0.3) is 0 Å². The third-order valence-corrected chi connectivity index (χ3v) is 1.85. The maximum atomic E-state index is 5.36. The Hall–Kier alpha value is -0.340. The van der Waals surface area contributed by atoms with Crippen LogP contribution in [0.25, 0.3) is 0 Å². The zero-order valence-electron chi connectivity index (χ0n) is 5.35. The fourth-order valence-corrected chi connectivity index (χ4v) is 1.41. The molecule has 1 saturated carbocycles. The van der Waals surface area contributed by atoms with Crippen molar-refractivity contribution in [3.63, 3.8) is 0 Å². The van der Waals surface area contributed by atoms with Crippen LogP contribution in [-0.2, 0) is 9.47 Å². The normalized spacial score (nSPS) is 30.9. The Balaban J connectivity index is 2.03. The second-order valence-electron chi connectivity index (χ2n) is 2.71. The van der Waals surface area contributed by atoms with E-state index in [0.29, 0.717) is 0 Å². The van der Waals surface area contributed by atoms with Gasteiger partial charge >= 0.3 is 0 Å². The summed E-state index contributed by atoms with van der Waals surface area (Å²) >= 11 is 0. The summed E-state index contributed by atoms with van der Waals surface area (Å²) in [5.41, 5.74) is 1.25. The molecule has 1 aliphatic carbocycles. The van der Waals surface area contributed by atoms with Crippen molar-refractivity contribution in [1.82, 2.24) is 0 Å². The molecule has 1 heterocycles. The number of hydrogen-bond acceptors (Lipinski definition) is 2. The first-order valence-electron chi connectivity index (χ1n) is 3.25. The molecular formula is C7H10O2. The van der Waals surface area contributed by atoms with E-state index in [1.54, 1.807) is 0 Å². The highest BCUT2D eigenvalue weighted by atomic mass is 16.7. The summed E-state index contributed by atoms with van der Waals surface area (Å²) in [4.78, 5) is 0. The molecule has 0 amide bonds. The molecule has 0 radical (unpaired) electrons. The molecule has 0 N–H and O–H groups in total. The first-order chi connectivity index (χ1) is 4.31. The van der Waals surface area contributed by atoms with E-state index < -0.39 is 0 Å². The van der Waals surface area contributed by atoms with Crippen LogP contribution in [0, 0.1) is 0 Å². The molecule has 2 rings (SSSR count). The highest BCUT2D eigenvalue weighted by molar-refractivity contribution is 5.14. The van der Waals surface area contributed by atoms with E-state index in [1.165, 1.54) is 5.57 Å². The number of rotatable bonds is 0. The van der Waals surface area contributed by atoms with Crippen LogP contribution in [0.15, 0.2) is 12.2 Å². The monoisotopic (exact) mass is 126 g/mol. The van der Waals surface area contributed by atoms with Crippen LogP contribution in [0.1, 0.15) is 12.8 Å². The molecular weight excluding hydrogens is 116 g/mol. The number of ether oxygens (including phenoxy) is 2. The second-order valence-corrected chi connectivity index (χ2v) is 2.71. The van der Waals surface area contributed by atoms with Gasteiger partial charge in [-0.1, -0.05) is 12.2 Å². The summed E-state index contributed by atoms with van der Waals surface area (Å²) < 4.78 is 10.7. The van der Waals surface area contributed by atoms with Gasteiger partial charge in [0.05, 0.1) is 13.2 Å². The minimum atomic E-state index is -0.211. The van der Waals surface area contributed by atoms with Gasteiger partial charge < -0.3 is 9.47 Å². The Labute approximate surface area is 54.5 Å². The molecule has 2 heteroatoms. The lowest BCUT2D eigenvalue weighted by Crippen LogP contribution is -2.39. The highest BCUT2D eigenvalue weighted by Gasteiger charge is 2.44. The zero-order chi connectivity index (χ0) is 6.32. The zero-order valence-corrected chi connectivity index (χ0v) is 5.35. The van der Waals surface area contributed by atoms with E-state index in [1.807, 2.05) is 0 Å². The van der Waals surface area contributed by atoms with Gasteiger partial charge in [0.1, 0.15) is 0 Å². The molecule has 0 aromatic heterocycles. The molecule has 2 nitrogen and oxygen atoms in total. The summed E-state index contributed by atoms with van der Waals surface area (Å²) in [6.45, 7) is 5.33. The van der Waals surface area contributed by atoms with Crippen LogP contribution in [0.2, 0.25) is 0 Å². The molecule has 9 heavy (non-hydrogen) atoms. The average molecular weight is 126 g/mol. The van der Waals surface area contributed by atoms with Crippen molar-refractivity contribution in [3.05, 3.63) is 12.2 Å². The van der Waals surface area contributed by atoms with Crippen molar-refractivity contribution in [2.45, 2.75) is 18.6 Å². The lowest BCUT2D eigenvalue weighted by Gasteiger charge is -2.37. The van der Waals surface area contributed by atoms with E-state index in [2.05, 4.69) is 6.58 Å². The summed E-state index contributed by atoms with van der Waals surface area (Å²) in [5, 5.41) is 0. The minimum Gasteiger partial charge on any atom is -0.347 e. The lowest BCUT2D eigenvalue weighted by atomic mass is 9.86. The van der Waals surface area contributed by atoms with Crippen LogP contribution < -0.4 is 0 Å². The highest BCUT2D eigenvalue weighted by Crippen LogP contribution is 2.42. The van der Waals surface area contributed by atoms with Crippen molar-refractivity contribution in [1.29, 1.82) is 0 Å². The van der Waals surface area contributed by atoms with Crippen molar-refractivity contribution in [2.75, 3.05) is 13.2 Å². The quantitative estimate of drug-likeness (QED) is 0.452. The van der Waals surface area contributed by atoms with Crippen LogP contribution in [-0.4, -0.2) is 19.0 Å². The van der Waals surface area contributed by atoms with Gasteiger partial charge in [0.2, 0.25) is 0 Å². The van der Waals surface area contributed by atoms with Gasteiger partial charge in [-0.15, -0.1) is 0 Å². The Morgan fingerprint density at radius 2 is 1.78 bits per heavy atom. The molecule has 1 aliphatic heterocycles. The Kier molecular flexibility index (Phi) is 0.957. The van der Waals surface area contributed by atoms with E-state index in [-0.39, 0.29) is 5.79 Å². The van der Waals surface area contributed by atoms with E-state index >= 15 is 0 Å². The summed E-state index contributed by atoms with van der Waals surface area (Å²) in [6.07, 6.45) is 1.82. The van der Waals surface area contributed by atoms with Crippen molar-refractivity contribution < 1.29 is 9.47 Å². The molecule has 2 aliphatic rings. The first-order valence-corrected chi connectivity index (χ1v) is 3.25. The van der Waals surface area contributed by atoms with Gasteiger partial charge in [-0.2, -0.15) is 0 Å². The lowest BCUT2D eigenvalue weighted by molar-refractivity contribution is -0.182. The molecule has 0 bridgehead atoms. The predicted molar refractivity (Wildman–Crippen MR) is 33.0 cm³/mol. The van der Waals surface area contributed by atoms with Gasteiger partial charge in [0, 0.05) is 12.8 Å². The third-order valence-electron chi connectivity index (χ3n) is 1.85. The van der Waals surface area contributed by atoms with Crippen LogP contribution in [0.3, 0.4) is 0 Å². The van der Waals surface area contributed by atoms with Gasteiger partial charge in [-0.25, -0.2) is 0 Å². The largest absolute Gasteiger partial charge is 0.347 e. The van der Waals surface area contributed by atoms with Crippen LogP contribution in [0.4, 0.5) is 0 Å². The van der Waals surface area contributed by atoms with Gasteiger partial charge in [-0.3, -0.25) is 0 Å².